The van der Waals surface area contributed by atoms with Crippen LogP contribution in [0.5, 0.6) is 0 Å². The molecule has 4 nitrogen and oxygen atoms in total. The molecule has 0 bridgehead atoms. The molecule has 3 unspecified atom stereocenters. The maximum atomic E-state index is 11.6. The number of nitrogens with two attached hydrogens (primary N) is 1. The Hall–Kier alpha value is -0.610. The topological polar surface area (TPSA) is 58.4 Å². The Balaban J connectivity index is 2.06. The minimum absolute atomic E-state index is 0.00654. The van der Waals surface area contributed by atoms with Crippen LogP contribution in [0.4, 0.5) is 0 Å². The van der Waals surface area contributed by atoms with Crippen LogP contribution in [0.15, 0.2) is 0 Å². The number of likely N-dealkylation sites (tertiary alicyclic amines) is 1. The van der Waals surface area contributed by atoms with E-state index in [9.17, 15) is 4.79 Å². The first-order chi connectivity index (χ1) is 9.52. The third-order valence-electron chi connectivity index (χ3n) is 4.08. The van der Waals surface area contributed by atoms with Gasteiger partial charge in [0.1, 0.15) is 0 Å². The maximum absolute atomic E-state index is 11.6. The molecule has 1 saturated heterocycles. The van der Waals surface area contributed by atoms with Crippen molar-refractivity contribution >= 4 is 5.91 Å². The lowest BCUT2D eigenvalue weighted by molar-refractivity contribution is -0.122. The van der Waals surface area contributed by atoms with Crippen molar-refractivity contribution in [2.24, 2.45) is 17.6 Å². The van der Waals surface area contributed by atoms with Gasteiger partial charge in [0.05, 0.1) is 6.04 Å². The van der Waals surface area contributed by atoms with Crippen LogP contribution in [-0.4, -0.2) is 43.0 Å². The number of carbonyl (C=O) groups excluding carboxylic acids is 1. The number of piperidine rings is 1. The lowest BCUT2D eigenvalue weighted by Crippen LogP contribution is -2.41. The Labute approximate surface area is 124 Å². The zero-order valence-corrected chi connectivity index (χ0v) is 13.5. The van der Waals surface area contributed by atoms with Crippen LogP contribution < -0.4 is 11.1 Å². The van der Waals surface area contributed by atoms with Crippen LogP contribution in [0.1, 0.15) is 52.9 Å². The Morgan fingerprint density at radius 1 is 1.30 bits per heavy atom. The van der Waals surface area contributed by atoms with E-state index in [4.69, 9.17) is 5.73 Å². The first-order valence-electron chi connectivity index (χ1n) is 8.28. The largest absolute Gasteiger partial charge is 0.355 e. The van der Waals surface area contributed by atoms with Crippen molar-refractivity contribution in [3.8, 4) is 0 Å². The van der Waals surface area contributed by atoms with Crippen LogP contribution in [0.3, 0.4) is 0 Å². The second-order valence-corrected chi connectivity index (χ2v) is 6.60. The fraction of sp³-hybridized carbons (Fsp3) is 0.938. The lowest BCUT2D eigenvalue weighted by Gasteiger charge is -2.34. The Kier molecular flexibility index (Phi) is 8.15. The van der Waals surface area contributed by atoms with E-state index < -0.39 is 0 Å². The molecule has 20 heavy (non-hydrogen) atoms. The number of hydrogen-bond donors (Lipinski definition) is 2. The minimum Gasteiger partial charge on any atom is -0.355 e. The zero-order valence-electron chi connectivity index (χ0n) is 13.5. The van der Waals surface area contributed by atoms with Crippen LogP contribution in [0.2, 0.25) is 0 Å². The van der Waals surface area contributed by atoms with Crippen molar-refractivity contribution in [1.82, 2.24) is 10.2 Å². The van der Waals surface area contributed by atoms with Gasteiger partial charge in [0, 0.05) is 19.6 Å². The SMILES string of the molecule is CCCC(N)C(=O)NCCCCN1CC(C)CC(C)C1. The predicted octanol–water partition coefficient (Wildman–Crippen LogP) is 1.99. The van der Waals surface area contributed by atoms with Gasteiger partial charge in [0.25, 0.3) is 0 Å². The first kappa shape index (κ1) is 17.4. The summed E-state index contributed by atoms with van der Waals surface area (Å²) in [5.41, 5.74) is 5.77. The highest BCUT2D eigenvalue weighted by Crippen LogP contribution is 2.20. The molecule has 3 atom stereocenters. The van der Waals surface area contributed by atoms with Crippen LogP contribution in [0, 0.1) is 11.8 Å². The van der Waals surface area contributed by atoms with E-state index in [-0.39, 0.29) is 11.9 Å². The summed E-state index contributed by atoms with van der Waals surface area (Å²) < 4.78 is 0. The third-order valence-corrected chi connectivity index (χ3v) is 4.08. The summed E-state index contributed by atoms with van der Waals surface area (Å²) in [6.07, 6.45) is 5.30. The van der Waals surface area contributed by atoms with Crippen molar-refractivity contribution in [2.75, 3.05) is 26.2 Å². The molecule has 3 N–H and O–H groups in total. The summed E-state index contributed by atoms with van der Waals surface area (Å²) in [6, 6.07) is -0.330. The summed E-state index contributed by atoms with van der Waals surface area (Å²) in [5, 5.41) is 2.94. The number of nitrogens with zero attached hydrogens (tertiary/aromatic N) is 1. The van der Waals surface area contributed by atoms with Gasteiger partial charge in [-0.3, -0.25) is 4.79 Å². The standard InChI is InChI=1S/C16H33N3O/c1-4-7-15(17)16(20)18-8-5-6-9-19-11-13(2)10-14(3)12-19/h13-15H,4-12,17H2,1-3H3,(H,18,20). The van der Waals surface area contributed by atoms with Crippen LogP contribution in [-0.2, 0) is 4.79 Å². The molecule has 0 radical (unpaired) electrons. The van der Waals surface area contributed by atoms with Gasteiger partial charge >= 0.3 is 0 Å². The van der Waals surface area contributed by atoms with Gasteiger partial charge in [-0.05, 0) is 44.1 Å². The summed E-state index contributed by atoms with van der Waals surface area (Å²) >= 11 is 0. The van der Waals surface area contributed by atoms with Crippen molar-refractivity contribution in [3.63, 3.8) is 0 Å². The van der Waals surface area contributed by atoms with Gasteiger partial charge in [-0.15, -0.1) is 0 Å². The Bertz CT molecular complexity index is 273. The number of amides is 1. The van der Waals surface area contributed by atoms with E-state index in [1.54, 1.807) is 0 Å². The van der Waals surface area contributed by atoms with E-state index >= 15 is 0 Å². The van der Waals surface area contributed by atoms with Crippen LogP contribution in [0.25, 0.3) is 0 Å². The second kappa shape index (κ2) is 9.35. The highest BCUT2D eigenvalue weighted by atomic mass is 16.2. The molecular weight excluding hydrogens is 250 g/mol. The molecule has 0 spiro atoms. The molecule has 0 saturated carbocycles. The monoisotopic (exact) mass is 283 g/mol. The van der Waals surface area contributed by atoms with E-state index in [1.165, 1.54) is 19.5 Å². The summed E-state index contributed by atoms with van der Waals surface area (Å²) in [7, 11) is 0. The molecular formula is C16H33N3O. The molecule has 1 amide bonds. The van der Waals surface area contributed by atoms with Gasteiger partial charge in [-0.25, -0.2) is 0 Å². The third kappa shape index (κ3) is 6.71. The molecule has 1 aliphatic heterocycles. The van der Waals surface area contributed by atoms with Crippen molar-refractivity contribution in [2.45, 2.75) is 58.9 Å². The molecule has 1 heterocycles. The van der Waals surface area contributed by atoms with Gasteiger partial charge < -0.3 is 16.0 Å². The number of nitrogens with one attached hydrogen (secondary N) is 1. The minimum atomic E-state index is -0.330. The molecule has 1 rings (SSSR count). The predicted molar refractivity (Wildman–Crippen MR) is 84.5 cm³/mol. The molecule has 4 heteroatoms. The summed E-state index contributed by atoms with van der Waals surface area (Å²) in [6.45, 7) is 11.1. The van der Waals surface area contributed by atoms with Crippen molar-refractivity contribution < 1.29 is 4.79 Å². The molecule has 0 aromatic rings. The first-order valence-corrected chi connectivity index (χ1v) is 8.28. The van der Waals surface area contributed by atoms with E-state index in [1.807, 2.05) is 6.92 Å². The highest BCUT2D eigenvalue weighted by Gasteiger charge is 2.20. The van der Waals surface area contributed by atoms with E-state index in [0.29, 0.717) is 0 Å². The van der Waals surface area contributed by atoms with Gasteiger partial charge in [-0.1, -0.05) is 27.2 Å². The Morgan fingerprint density at radius 2 is 1.95 bits per heavy atom. The number of hydrogen-bond acceptors (Lipinski definition) is 3. The molecule has 1 fully saturated rings. The fourth-order valence-corrected chi connectivity index (χ4v) is 3.22. The number of unbranched alkanes of at least 4 members (excludes halogenated alkanes) is 1. The van der Waals surface area contributed by atoms with Crippen molar-refractivity contribution in [3.05, 3.63) is 0 Å². The maximum Gasteiger partial charge on any atom is 0.236 e. The normalized spacial score (nSPS) is 25.4. The smallest absolute Gasteiger partial charge is 0.236 e. The quantitative estimate of drug-likeness (QED) is 0.670. The number of carbonyl (C=O) groups is 1. The van der Waals surface area contributed by atoms with E-state index in [2.05, 4.69) is 24.1 Å². The highest BCUT2D eigenvalue weighted by molar-refractivity contribution is 5.81. The summed E-state index contributed by atoms with van der Waals surface area (Å²) in [4.78, 5) is 14.2. The van der Waals surface area contributed by atoms with Gasteiger partial charge in [0.2, 0.25) is 5.91 Å². The average Bonchev–Trinajstić information content (AvgIpc) is 2.37. The van der Waals surface area contributed by atoms with Gasteiger partial charge in [-0.2, -0.15) is 0 Å². The summed E-state index contributed by atoms with van der Waals surface area (Å²) in [5.74, 6) is 1.66. The molecule has 0 aromatic heterocycles. The zero-order chi connectivity index (χ0) is 15.0. The second-order valence-electron chi connectivity index (χ2n) is 6.60. The number of rotatable bonds is 8. The van der Waals surface area contributed by atoms with Crippen LogP contribution >= 0.6 is 0 Å². The van der Waals surface area contributed by atoms with E-state index in [0.717, 1.165) is 50.6 Å². The van der Waals surface area contributed by atoms with Crippen molar-refractivity contribution in [1.29, 1.82) is 0 Å². The fourth-order valence-electron chi connectivity index (χ4n) is 3.22. The van der Waals surface area contributed by atoms with Gasteiger partial charge in [0.15, 0.2) is 0 Å². The molecule has 1 aliphatic rings. The molecule has 118 valence electrons. The lowest BCUT2D eigenvalue weighted by atomic mass is 9.92. The molecule has 0 aliphatic carbocycles. The Morgan fingerprint density at radius 3 is 2.55 bits per heavy atom. The average molecular weight is 283 g/mol. The molecule has 0 aromatic carbocycles.